The van der Waals surface area contributed by atoms with E-state index < -0.39 is 0 Å². The van der Waals surface area contributed by atoms with Gasteiger partial charge in [0, 0.05) is 49.0 Å². The SMILES string of the molecule is CC(=O)Nc1ccc(-c2cc(-c3n[nH]c4ccnc(OC5CCOCC5)c34)ccn2)cc1. The van der Waals surface area contributed by atoms with Crippen molar-refractivity contribution in [2.45, 2.75) is 25.9 Å². The number of ether oxygens (including phenoxy) is 2. The zero-order valence-corrected chi connectivity index (χ0v) is 17.7. The second-order valence-corrected chi connectivity index (χ2v) is 7.73. The molecule has 0 unspecified atom stereocenters. The number of aromatic nitrogens is 4. The smallest absolute Gasteiger partial charge is 0.225 e. The standard InChI is InChI=1S/C24H23N5O3/c1-15(30)27-18-4-2-16(3-5-18)21-14-17(6-10-25-21)23-22-20(28-29-23)7-11-26-24(22)32-19-8-12-31-13-9-19/h2-7,10-11,14,19H,8-9,12-13H2,1H3,(H,27,30)(H,28,29). The number of rotatable bonds is 5. The maximum atomic E-state index is 11.2. The summed E-state index contributed by atoms with van der Waals surface area (Å²) in [4.78, 5) is 20.3. The number of anilines is 1. The predicted octanol–water partition coefficient (Wildman–Crippen LogP) is 4.20. The lowest BCUT2D eigenvalue weighted by atomic mass is 10.1. The Morgan fingerprint density at radius 3 is 2.62 bits per heavy atom. The molecule has 1 aliphatic rings. The van der Waals surface area contributed by atoms with Gasteiger partial charge in [0.15, 0.2) is 0 Å². The lowest BCUT2D eigenvalue weighted by Crippen LogP contribution is -2.26. The number of benzene rings is 1. The van der Waals surface area contributed by atoms with Gasteiger partial charge in [-0.25, -0.2) is 4.98 Å². The molecule has 1 fully saturated rings. The van der Waals surface area contributed by atoms with Crippen molar-refractivity contribution in [3.05, 3.63) is 54.9 Å². The summed E-state index contributed by atoms with van der Waals surface area (Å²) >= 11 is 0. The molecule has 0 atom stereocenters. The summed E-state index contributed by atoms with van der Waals surface area (Å²) in [5.41, 5.74) is 5.05. The quantitative estimate of drug-likeness (QED) is 0.493. The minimum atomic E-state index is -0.101. The number of carbonyl (C=O) groups excluding carboxylic acids is 1. The molecule has 0 aliphatic carbocycles. The average molecular weight is 429 g/mol. The lowest BCUT2D eigenvalue weighted by molar-refractivity contribution is -0.114. The van der Waals surface area contributed by atoms with E-state index in [9.17, 15) is 4.79 Å². The maximum absolute atomic E-state index is 11.2. The number of nitrogens with zero attached hydrogens (tertiary/aromatic N) is 3. The van der Waals surface area contributed by atoms with Gasteiger partial charge >= 0.3 is 0 Å². The fourth-order valence-corrected chi connectivity index (χ4v) is 3.85. The molecule has 0 radical (unpaired) electrons. The van der Waals surface area contributed by atoms with Crippen LogP contribution >= 0.6 is 0 Å². The first-order chi connectivity index (χ1) is 15.7. The van der Waals surface area contributed by atoms with Gasteiger partial charge in [0.1, 0.15) is 11.8 Å². The van der Waals surface area contributed by atoms with Crippen LogP contribution in [0, 0.1) is 0 Å². The van der Waals surface area contributed by atoms with Crippen LogP contribution in [0.2, 0.25) is 0 Å². The average Bonchev–Trinajstić information content (AvgIpc) is 3.25. The fourth-order valence-electron chi connectivity index (χ4n) is 3.85. The molecule has 162 valence electrons. The van der Waals surface area contributed by atoms with Crippen LogP contribution in [0.3, 0.4) is 0 Å². The Balaban J connectivity index is 1.48. The maximum Gasteiger partial charge on any atom is 0.225 e. The van der Waals surface area contributed by atoms with Crippen molar-refractivity contribution < 1.29 is 14.3 Å². The molecule has 1 aliphatic heterocycles. The second kappa shape index (κ2) is 8.76. The van der Waals surface area contributed by atoms with Crippen LogP contribution in [-0.4, -0.2) is 45.4 Å². The molecular weight excluding hydrogens is 406 g/mol. The third kappa shape index (κ3) is 4.17. The van der Waals surface area contributed by atoms with Crippen LogP contribution in [0.5, 0.6) is 5.88 Å². The van der Waals surface area contributed by atoms with Crippen molar-refractivity contribution in [3.63, 3.8) is 0 Å². The monoisotopic (exact) mass is 429 g/mol. The molecule has 1 amide bonds. The van der Waals surface area contributed by atoms with Crippen LogP contribution in [0.15, 0.2) is 54.9 Å². The Bertz CT molecular complexity index is 1250. The predicted molar refractivity (Wildman–Crippen MR) is 121 cm³/mol. The number of hydrogen-bond acceptors (Lipinski definition) is 6. The summed E-state index contributed by atoms with van der Waals surface area (Å²) < 4.78 is 11.7. The molecular formula is C24H23N5O3. The van der Waals surface area contributed by atoms with E-state index in [1.165, 1.54) is 6.92 Å². The van der Waals surface area contributed by atoms with Gasteiger partial charge in [-0.3, -0.25) is 14.9 Å². The van der Waals surface area contributed by atoms with E-state index in [1.807, 2.05) is 42.5 Å². The van der Waals surface area contributed by atoms with Crippen LogP contribution in [0.25, 0.3) is 33.4 Å². The van der Waals surface area contributed by atoms with Crippen LogP contribution < -0.4 is 10.1 Å². The van der Waals surface area contributed by atoms with Crippen molar-refractivity contribution in [2.24, 2.45) is 0 Å². The second-order valence-electron chi connectivity index (χ2n) is 7.73. The summed E-state index contributed by atoms with van der Waals surface area (Å²) in [6.45, 7) is 2.89. The van der Waals surface area contributed by atoms with Gasteiger partial charge in [-0.1, -0.05) is 12.1 Å². The van der Waals surface area contributed by atoms with Crippen LogP contribution in [-0.2, 0) is 9.53 Å². The highest BCUT2D eigenvalue weighted by atomic mass is 16.5. The van der Waals surface area contributed by atoms with E-state index in [2.05, 4.69) is 25.5 Å². The number of fused-ring (bicyclic) bond motifs is 1. The number of pyridine rings is 2. The van der Waals surface area contributed by atoms with Gasteiger partial charge < -0.3 is 14.8 Å². The van der Waals surface area contributed by atoms with E-state index in [0.29, 0.717) is 19.1 Å². The molecule has 1 saturated heterocycles. The van der Waals surface area contributed by atoms with Crippen LogP contribution in [0.4, 0.5) is 5.69 Å². The Labute approximate surface area is 185 Å². The first-order valence-electron chi connectivity index (χ1n) is 10.6. The van der Waals surface area contributed by atoms with Gasteiger partial charge in [-0.05, 0) is 30.3 Å². The van der Waals surface area contributed by atoms with Gasteiger partial charge in [0.05, 0.1) is 29.8 Å². The molecule has 0 saturated carbocycles. The van der Waals surface area contributed by atoms with Gasteiger partial charge in [0.2, 0.25) is 11.8 Å². The number of nitrogens with one attached hydrogen (secondary N) is 2. The Morgan fingerprint density at radius 2 is 1.84 bits per heavy atom. The van der Waals surface area contributed by atoms with Crippen LogP contribution in [0.1, 0.15) is 19.8 Å². The summed E-state index contributed by atoms with van der Waals surface area (Å²) in [5, 5.41) is 11.3. The van der Waals surface area contributed by atoms with Crippen molar-refractivity contribution in [1.82, 2.24) is 20.2 Å². The largest absolute Gasteiger partial charge is 0.474 e. The third-order valence-electron chi connectivity index (χ3n) is 5.42. The van der Waals surface area contributed by atoms with Crippen molar-refractivity contribution in [1.29, 1.82) is 0 Å². The van der Waals surface area contributed by atoms with E-state index in [-0.39, 0.29) is 12.0 Å². The first kappa shape index (κ1) is 20.1. The normalized spacial score (nSPS) is 14.4. The summed E-state index contributed by atoms with van der Waals surface area (Å²) in [6.07, 6.45) is 5.27. The topological polar surface area (TPSA) is 102 Å². The minimum absolute atomic E-state index is 0.0831. The van der Waals surface area contributed by atoms with Crippen molar-refractivity contribution >= 4 is 22.5 Å². The highest BCUT2D eigenvalue weighted by Gasteiger charge is 2.20. The molecule has 3 aromatic heterocycles. The Morgan fingerprint density at radius 1 is 1.06 bits per heavy atom. The molecule has 8 heteroatoms. The Kier molecular flexibility index (Phi) is 5.51. The molecule has 8 nitrogen and oxygen atoms in total. The van der Waals surface area contributed by atoms with Crippen molar-refractivity contribution in [3.8, 4) is 28.4 Å². The molecule has 0 spiro atoms. The summed E-state index contributed by atoms with van der Waals surface area (Å²) in [7, 11) is 0. The van der Waals surface area contributed by atoms with E-state index in [1.54, 1.807) is 12.4 Å². The zero-order chi connectivity index (χ0) is 21.9. The molecule has 4 aromatic rings. The zero-order valence-electron chi connectivity index (χ0n) is 17.7. The summed E-state index contributed by atoms with van der Waals surface area (Å²) in [6, 6.07) is 13.4. The fraction of sp³-hybridized carbons (Fsp3) is 0.250. The molecule has 1 aromatic carbocycles. The third-order valence-corrected chi connectivity index (χ3v) is 5.42. The van der Waals surface area contributed by atoms with E-state index in [0.717, 1.165) is 51.9 Å². The minimum Gasteiger partial charge on any atom is -0.474 e. The van der Waals surface area contributed by atoms with E-state index >= 15 is 0 Å². The highest BCUT2D eigenvalue weighted by molar-refractivity contribution is 5.97. The molecule has 5 rings (SSSR count). The molecule has 2 N–H and O–H groups in total. The van der Waals surface area contributed by atoms with E-state index in [4.69, 9.17) is 9.47 Å². The number of H-pyrrole nitrogens is 1. The lowest BCUT2D eigenvalue weighted by Gasteiger charge is -2.23. The number of hydrogen-bond donors (Lipinski definition) is 2. The first-order valence-corrected chi connectivity index (χ1v) is 10.6. The molecule has 32 heavy (non-hydrogen) atoms. The Hall–Kier alpha value is -3.78. The molecule has 0 bridgehead atoms. The highest BCUT2D eigenvalue weighted by Crippen LogP contribution is 2.34. The van der Waals surface area contributed by atoms with Gasteiger partial charge in [0.25, 0.3) is 0 Å². The number of aromatic amines is 1. The van der Waals surface area contributed by atoms with Gasteiger partial charge in [-0.15, -0.1) is 0 Å². The van der Waals surface area contributed by atoms with Gasteiger partial charge in [-0.2, -0.15) is 5.10 Å². The summed E-state index contributed by atoms with van der Waals surface area (Å²) in [5.74, 6) is 0.479. The van der Waals surface area contributed by atoms with Crippen molar-refractivity contribution in [2.75, 3.05) is 18.5 Å². The number of amides is 1. The molecule has 4 heterocycles. The number of carbonyl (C=O) groups is 1.